The Labute approximate surface area is 474 Å². The number of hydrogen-bond acceptors (Lipinski definition) is 18. The highest BCUT2D eigenvalue weighted by Gasteiger charge is 2.53. The van der Waals surface area contributed by atoms with Crippen LogP contribution in [0.3, 0.4) is 0 Å². The maximum Gasteiger partial charge on any atom is 0.220 e. The Morgan fingerprint density at radius 3 is 1.10 bits per heavy atom. The van der Waals surface area contributed by atoms with Crippen LogP contribution in [0.25, 0.3) is 0 Å². The normalized spacial score (nSPS) is 30.2. The molecule has 17 atom stereocenters. The van der Waals surface area contributed by atoms with Gasteiger partial charge in [-0.2, -0.15) is 0 Å². The van der Waals surface area contributed by atoms with Crippen molar-refractivity contribution in [2.24, 2.45) is 0 Å². The molecular formula is C60H115NO18. The summed E-state index contributed by atoms with van der Waals surface area (Å²) in [6, 6.07) is -0.880. The number of aliphatic hydroxyl groups is 11. The number of carbonyl (C=O) groups is 1. The minimum atomic E-state index is -1.97. The van der Waals surface area contributed by atoms with Crippen LogP contribution in [0.4, 0.5) is 0 Å². The van der Waals surface area contributed by atoms with Gasteiger partial charge in [0, 0.05) is 6.42 Å². The monoisotopic (exact) mass is 1140 g/mol. The summed E-state index contributed by atoms with van der Waals surface area (Å²) in [5, 5.41) is 120. The molecule has 0 aromatic carbocycles. The van der Waals surface area contributed by atoms with E-state index in [1.165, 1.54) is 167 Å². The first kappa shape index (κ1) is 72.1. The molecule has 17 unspecified atom stereocenters. The van der Waals surface area contributed by atoms with Crippen molar-refractivity contribution in [3.8, 4) is 0 Å². The zero-order chi connectivity index (χ0) is 57.6. The van der Waals surface area contributed by atoms with Gasteiger partial charge in [0.25, 0.3) is 0 Å². The van der Waals surface area contributed by atoms with Crippen molar-refractivity contribution in [1.82, 2.24) is 5.32 Å². The lowest BCUT2D eigenvalue weighted by molar-refractivity contribution is -0.379. The highest BCUT2D eigenvalue weighted by Crippen LogP contribution is 2.33. The third-order valence-electron chi connectivity index (χ3n) is 16.4. The number of aliphatic hydroxyl groups excluding tert-OH is 11. The third kappa shape index (κ3) is 28.0. The second kappa shape index (κ2) is 44.3. The predicted octanol–water partition coefficient (Wildman–Crippen LogP) is 6.38. The van der Waals surface area contributed by atoms with Gasteiger partial charge in [-0.25, -0.2) is 0 Å². The summed E-state index contributed by atoms with van der Waals surface area (Å²) in [5.74, 6) is -0.238. The number of amides is 1. The molecule has 12 N–H and O–H groups in total. The van der Waals surface area contributed by atoms with E-state index in [0.717, 1.165) is 44.9 Å². The molecule has 0 aromatic heterocycles. The second-order valence-electron chi connectivity index (χ2n) is 23.2. The number of nitrogens with one attached hydrogen (secondary N) is 1. The van der Waals surface area contributed by atoms with E-state index in [4.69, 9.17) is 28.4 Å². The maximum absolute atomic E-state index is 13.4. The molecule has 3 saturated heterocycles. The van der Waals surface area contributed by atoms with Gasteiger partial charge in [-0.3, -0.25) is 4.79 Å². The molecule has 3 aliphatic heterocycles. The van der Waals surface area contributed by atoms with Crippen LogP contribution >= 0.6 is 0 Å². The second-order valence-corrected chi connectivity index (χ2v) is 23.2. The molecule has 468 valence electrons. The molecule has 3 aliphatic rings. The summed E-state index contributed by atoms with van der Waals surface area (Å²) in [6.07, 6.45) is 16.2. The predicted molar refractivity (Wildman–Crippen MR) is 300 cm³/mol. The lowest BCUT2D eigenvalue weighted by Crippen LogP contribution is -2.66. The number of unbranched alkanes of at least 4 members (excludes halogenated alkanes) is 32. The first-order valence-electron chi connectivity index (χ1n) is 31.8. The van der Waals surface area contributed by atoms with Gasteiger partial charge in [0.15, 0.2) is 18.9 Å². The zero-order valence-electron chi connectivity index (χ0n) is 48.9. The number of rotatable bonds is 48. The Bertz CT molecular complexity index is 1450. The van der Waals surface area contributed by atoms with Crippen molar-refractivity contribution in [3.05, 3.63) is 0 Å². The minimum absolute atomic E-state index is 0.238. The minimum Gasteiger partial charge on any atom is -0.394 e. The quantitative estimate of drug-likeness (QED) is 0.0294. The van der Waals surface area contributed by atoms with E-state index >= 15 is 0 Å². The van der Waals surface area contributed by atoms with Crippen LogP contribution in [0, 0.1) is 0 Å². The Morgan fingerprint density at radius 1 is 0.405 bits per heavy atom. The van der Waals surface area contributed by atoms with Crippen LogP contribution in [0.15, 0.2) is 0 Å². The molecule has 3 rings (SSSR count). The van der Waals surface area contributed by atoms with E-state index in [1.807, 2.05) is 0 Å². The smallest absolute Gasteiger partial charge is 0.220 e. The Kier molecular flexibility index (Phi) is 40.4. The van der Waals surface area contributed by atoms with E-state index in [2.05, 4.69) is 19.2 Å². The summed E-state index contributed by atoms with van der Waals surface area (Å²) < 4.78 is 34.3. The van der Waals surface area contributed by atoms with Gasteiger partial charge in [-0.1, -0.05) is 226 Å². The third-order valence-corrected chi connectivity index (χ3v) is 16.4. The van der Waals surface area contributed by atoms with Crippen LogP contribution < -0.4 is 5.32 Å². The van der Waals surface area contributed by atoms with E-state index in [-0.39, 0.29) is 18.9 Å². The standard InChI is InChI=1S/C60H115NO18/c1-3-5-7-9-11-13-15-17-18-19-20-21-22-23-24-26-28-30-32-34-36-38-48(66)61-43(44(65)37-35-33-31-29-27-25-16-14-12-10-8-6-4-2)42-74-58-54(72)51(69)56(46(40-63)76-58)79-60-55(73)52(70)57(47(41-64)77-60)78-59-53(71)50(68)49(67)45(39-62)75-59/h43-47,49-60,62-65,67-73H,3-42H2,1-2H3,(H,61,66). The van der Waals surface area contributed by atoms with Crippen LogP contribution in [-0.2, 0) is 33.2 Å². The summed E-state index contributed by atoms with van der Waals surface area (Å²) in [6.45, 7) is 1.81. The van der Waals surface area contributed by atoms with Gasteiger partial charge in [0.2, 0.25) is 5.91 Å². The number of carbonyl (C=O) groups excluding carboxylic acids is 1. The van der Waals surface area contributed by atoms with Crippen LogP contribution in [0.2, 0.25) is 0 Å². The first-order chi connectivity index (χ1) is 38.3. The highest BCUT2D eigenvalue weighted by atomic mass is 16.8. The molecule has 3 fully saturated rings. The molecule has 0 aromatic rings. The molecule has 0 spiro atoms. The average molecular weight is 1140 g/mol. The fraction of sp³-hybridized carbons (Fsp3) is 0.983. The van der Waals surface area contributed by atoms with Gasteiger partial charge in [0.1, 0.15) is 73.2 Å². The van der Waals surface area contributed by atoms with Gasteiger partial charge < -0.3 is 89.9 Å². The first-order valence-corrected chi connectivity index (χ1v) is 31.8. The fourth-order valence-corrected chi connectivity index (χ4v) is 11.2. The van der Waals surface area contributed by atoms with Crippen molar-refractivity contribution in [3.63, 3.8) is 0 Å². The molecule has 19 heteroatoms. The molecule has 0 bridgehead atoms. The van der Waals surface area contributed by atoms with E-state index < -0.39 is 124 Å². The van der Waals surface area contributed by atoms with Crippen molar-refractivity contribution in [1.29, 1.82) is 0 Å². The van der Waals surface area contributed by atoms with Gasteiger partial charge in [-0.05, 0) is 12.8 Å². The fourth-order valence-electron chi connectivity index (χ4n) is 11.2. The van der Waals surface area contributed by atoms with Crippen LogP contribution in [-0.4, -0.2) is 193 Å². The molecule has 79 heavy (non-hydrogen) atoms. The lowest BCUT2D eigenvalue weighted by Gasteiger charge is -2.48. The summed E-state index contributed by atoms with van der Waals surface area (Å²) in [5.41, 5.74) is 0. The van der Waals surface area contributed by atoms with Crippen molar-refractivity contribution < 1.29 is 89.4 Å². The Balaban J connectivity index is 1.45. The molecule has 0 saturated carbocycles. The Hall–Kier alpha value is -1.21. The van der Waals surface area contributed by atoms with Crippen LogP contribution in [0.1, 0.15) is 245 Å². The zero-order valence-corrected chi connectivity index (χ0v) is 48.9. The summed E-state index contributed by atoms with van der Waals surface area (Å²) >= 11 is 0. The van der Waals surface area contributed by atoms with E-state index in [0.29, 0.717) is 12.8 Å². The Morgan fingerprint density at radius 2 is 0.722 bits per heavy atom. The SMILES string of the molecule is CCCCCCCCCCCCCCCCCCCCCCCC(=O)NC(COC1OC(CO)C(OC2OC(CO)C(OC3OC(CO)C(O)C(O)C3O)C(O)C2O)C(O)C1O)C(O)CCCCCCCCCCCCCCC. The van der Waals surface area contributed by atoms with Crippen molar-refractivity contribution in [2.45, 2.75) is 349 Å². The van der Waals surface area contributed by atoms with Crippen LogP contribution in [0.5, 0.6) is 0 Å². The summed E-state index contributed by atoms with van der Waals surface area (Å²) in [4.78, 5) is 13.4. The lowest BCUT2D eigenvalue weighted by atomic mass is 9.96. The maximum atomic E-state index is 13.4. The largest absolute Gasteiger partial charge is 0.394 e. The van der Waals surface area contributed by atoms with Gasteiger partial charge in [0.05, 0.1) is 38.6 Å². The molecule has 0 radical (unpaired) electrons. The van der Waals surface area contributed by atoms with Gasteiger partial charge in [-0.15, -0.1) is 0 Å². The van der Waals surface area contributed by atoms with E-state index in [9.17, 15) is 61.0 Å². The average Bonchev–Trinajstić information content (AvgIpc) is 3.45. The van der Waals surface area contributed by atoms with Crippen molar-refractivity contribution in [2.75, 3.05) is 26.4 Å². The highest BCUT2D eigenvalue weighted by molar-refractivity contribution is 5.76. The topological polar surface area (TPSA) is 307 Å². The molecule has 3 heterocycles. The molecular weight excluding hydrogens is 1020 g/mol. The number of hydrogen-bond donors (Lipinski definition) is 12. The van der Waals surface area contributed by atoms with E-state index in [1.54, 1.807) is 0 Å². The summed E-state index contributed by atoms with van der Waals surface area (Å²) in [7, 11) is 0. The molecule has 19 nitrogen and oxygen atoms in total. The van der Waals surface area contributed by atoms with Crippen molar-refractivity contribution >= 4 is 5.91 Å². The number of ether oxygens (including phenoxy) is 6. The molecule has 0 aliphatic carbocycles. The van der Waals surface area contributed by atoms with Gasteiger partial charge >= 0.3 is 0 Å². The molecule has 1 amide bonds.